The van der Waals surface area contributed by atoms with Crippen molar-refractivity contribution in [1.82, 2.24) is 9.88 Å². The molecule has 1 N–H and O–H groups in total. The van der Waals surface area contributed by atoms with Crippen molar-refractivity contribution in [1.29, 1.82) is 0 Å². The van der Waals surface area contributed by atoms with Gasteiger partial charge in [-0.3, -0.25) is 0 Å². The highest BCUT2D eigenvalue weighted by Crippen LogP contribution is 2.27. The van der Waals surface area contributed by atoms with Crippen molar-refractivity contribution in [2.24, 2.45) is 0 Å². The molecular weight excluding hydrogens is 298 g/mol. The molecule has 5 nitrogen and oxygen atoms in total. The molecule has 1 aliphatic heterocycles. The van der Waals surface area contributed by atoms with Crippen molar-refractivity contribution < 1.29 is 9.90 Å². The number of nitrogens with zero attached hydrogens (tertiary/aromatic N) is 3. The zero-order chi connectivity index (χ0) is 13.3. The number of hydrogen-bond donors (Lipinski definition) is 1. The summed E-state index contributed by atoms with van der Waals surface area (Å²) in [6, 6.07) is 1.64. The summed E-state index contributed by atoms with van der Waals surface area (Å²) in [7, 11) is 2.10. The molecule has 0 spiro atoms. The van der Waals surface area contributed by atoms with Crippen molar-refractivity contribution in [3.63, 3.8) is 0 Å². The highest BCUT2D eigenvalue weighted by Gasteiger charge is 2.20. The maximum Gasteiger partial charge on any atom is 0.337 e. The summed E-state index contributed by atoms with van der Waals surface area (Å²) in [5.41, 5.74) is 0.805. The van der Waals surface area contributed by atoms with E-state index in [0.717, 1.165) is 36.5 Å². The van der Waals surface area contributed by atoms with Gasteiger partial charge < -0.3 is 14.9 Å². The average Bonchev–Trinajstić information content (AvgIpc) is 2.32. The summed E-state index contributed by atoms with van der Waals surface area (Å²) >= 11 is 3.42. The number of piperazine rings is 1. The predicted molar refractivity (Wildman–Crippen MR) is 73.3 cm³/mol. The number of halogens is 1. The molecule has 0 radical (unpaired) electrons. The number of carboxylic acids is 1. The first kappa shape index (κ1) is 13.3. The van der Waals surface area contributed by atoms with Crippen molar-refractivity contribution in [3.05, 3.63) is 21.8 Å². The van der Waals surface area contributed by atoms with E-state index in [1.807, 2.05) is 0 Å². The molecule has 0 saturated carbocycles. The third-order valence-electron chi connectivity index (χ3n) is 3.18. The van der Waals surface area contributed by atoms with E-state index in [-0.39, 0.29) is 5.56 Å². The average molecular weight is 314 g/mol. The van der Waals surface area contributed by atoms with E-state index in [0.29, 0.717) is 5.69 Å². The summed E-state index contributed by atoms with van der Waals surface area (Å²) in [6.07, 6.45) is 0. The first-order valence-electron chi connectivity index (χ1n) is 5.83. The van der Waals surface area contributed by atoms with Crippen LogP contribution in [0.5, 0.6) is 0 Å². The second kappa shape index (κ2) is 5.24. The van der Waals surface area contributed by atoms with Gasteiger partial charge >= 0.3 is 5.97 Å². The topological polar surface area (TPSA) is 56.7 Å². The number of anilines is 1. The Balaban J connectivity index is 2.29. The highest BCUT2D eigenvalue weighted by atomic mass is 79.9. The monoisotopic (exact) mass is 313 g/mol. The first-order chi connectivity index (χ1) is 8.49. The van der Waals surface area contributed by atoms with Gasteiger partial charge in [-0.25, -0.2) is 9.78 Å². The molecule has 1 aliphatic rings. The van der Waals surface area contributed by atoms with Crippen LogP contribution in [0.1, 0.15) is 16.1 Å². The van der Waals surface area contributed by atoms with Gasteiger partial charge in [0.05, 0.1) is 15.7 Å². The van der Waals surface area contributed by atoms with Crippen LogP contribution in [-0.4, -0.2) is 54.2 Å². The molecule has 1 aromatic rings. The molecule has 0 aromatic carbocycles. The van der Waals surface area contributed by atoms with Crippen LogP contribution in [-0.2, 0) is 0 Å². The van der Waals surface area contributed by atoms with Crippen LogP contribution in [0.3, 0.4) is 0 Å². The zero-order valence-electron chi connectivity index (χ0n) is 10.5. The van der Waals surface area contributed by atoms with Gasteiger partial charge in [0.2, 0.25) is 0 Å². The van der Waals surface area contributed by atoms with E-state index in [1.54, 1.807) is 13.0 Å². The van der Waals surface area contributed by atoms with E-state index in [1.165, 1.54) is 0 Å². The van der Waals surface area contributed by atoms with Gasteiger partial charge in [-0.05, 0) is 36.0 Å². The normalized spacial score (nSPS) is 16.9. The van der Waals surface area contributed by atoms with E-state index in [9.17, 15) is 4.79 Å². The van der Waals surface area contributed by atoms with E-state index in [4.69, 9.17) is 5.11 Å². The molecule has 1 fully saturated rings. The van der Waals surface area contributed by atoms with Crippen LogP contribution in [0.4, 0.5) is 5.82 Å². The number of likely N-dealkylation sites (N-methyl/N-ethyl adjacent to an activating group) is 1. The molecule has 0 bridgehead atoms. The smallest absolute Gasteiger partial charge is 0.337 e. The third kappa shape index (κ3) is 2.64. The van der Waals surface area contributed by atoms with Gasteiger partial charge in [0.15, 0.2) is 0 Å². The lowest BCUT2D eigenvalue weighted by molar-refractivity contribution is 0.0695. The maximum atomic E-state index is 11.0. The minimum atomic E-state index is -0.939. The third-order valence-corrected chi connectivity index (χ3v) is 3.76. The molecule has 0 unspecified atom stereocenters. The van der Waals surface area contributed by atoms with Gasteiger partial charge in [0.1, 0.15) is 5.82 Å². The lowest BCUT2D eigenvalue weighted by atomic mass is 10.2. The Hall–Kier alpha value is -1.14. The second-order valence-corrected chi connectivity index (χ2v) is 5.38. The molecule has 18 heavy (non-hydrogen) atoms. The van der Waals surface area contributed by atoms with Gasteiger partial charge in [-0.2, -0.15) is 0 Å². The summed E-state index contributed by atoms with van der Waals surface area (Å²) in [4.78, 5) is 19.9. The zero-order valence-corrected chi connectivity index (χ0v) is 12.1. The van der Waals surface area contributed by atoms with Gasteiger partial charge in [-0.1, -0.05) is 0 Å². The van der Waals surface area contributed by atoms with Crippen LogP contribution in [0.2, 0.25) is 0 Å². The molecule has 1 saturated heterocycles. The quantitative estimate of drug-likeness (QED) is 0.899. The number of aryl methyl sites for hydroxylation is 1. The molecular formula is C12H16BrN3O2. The minimum absolute atomic E-state index is 0.250. The number of aromatic carboxylic acids is 1. The fourth-order valence-electron chi connectivity index (χ4n) is 2.02. The van der Waals surface area contributed by atoms with Gasteiger partial charge in [0, 0.05) is 26.2 Å². The number of carbonyl (C=O) groups is 1. The molecule has 2 heterocycles. The number of pyridine rings is 1. The van der Waals surface area contributed by atoms with Crippen LogP contribution >= 0.6 is 15.9 Å². The Kier molecular flexibility index (Phi) is 3.87. The molecule has 6 heteroatoms. The molecule has 0 amide bonds. The van der Waals surface area contributed by atoms with E-state index in [2.05, 4.69) is 37.8 Å². The predicted octanol–water partition coefficient (Wildman–Crippen LogP) is 1.60. The van der Waals surface area contributed by atoms with Crippen molar-refractivity contribution in [2.75, 3.05) is 38.1 Å². The van der Waals surface area contributed by atoms with Crippen LogP contribution < -0.4 is 4.90 Å². The van der Waals surface area contributed by atoms with Crippen LogP contribution in [0.25, 0.3) is 0 Å². The summed E-state index contributed by atoms with van der Waals surface area (Å²) in [5, 5.41) is 9.04. The Labute approximate surface area is 115 Å². The number of carboxylic acid groups (broad SMARTS) is 1. The first-order valence-corrected chi connectivity index (χ1v) is 6.62. The minimum Gasteiger partial charge on any atom is -0.478 e. The number of aromatic nitrogens is 1. The Morgan fingerprint density at radius 1 is 1.39 bits per heavy atom. The summed E-state index contributed by atoms with van der Waals surface area (Å²) in [6.45, 7) is 5.54. The fourth-order valence-corrected chi connectivity index (χ4v) is 2.59. The van der Waals surface area contributed by atoms with Crippen LogP contribution in [0, 0.1) is 6.92 Å². The summed E-state index contributed by atoms with van der Waals surface area (Å²) < 4.78 is 0.745. The molecule has 2 rings (SSSR count). The van der Waals surface area contributed by atoms with Crippen molar-refractivity contribution in [2.45, 2.75) is 6.92 Å². The van der Waals surface area contributed by atoms with Gasteiger partial charge in [0.25, 0.3) is 0 Å². The lowest BCUT2D eigenvalue weighted by Gasteiger charge is -2.33. The second-order valence-electron chi connectivity index (χ2n) is 4.52. The Bertz CT molecular complexity index is 471. The van der Waals surface area contributed by atoms with Gasteiger partial charge in [-0.15, -0.1) is 0 Å². The highest BCUT2D eigenvalue weighted by molar-refractivity contribution is 9.10. The Morgan fingerprint density at radius 3 is 2.56 bits per heavy atom. The molecule has 0 aliphatic carbocycles. The number of hydrogen-bond acceptors (Lipinski definition) is 4. The van der Waals surface area contributed by atoms with E-state index >= 15 is 0 Å². The van der Waals surface area contributed by atoms with E-state index < -0.39 is 5.97 Å². The summed E-state index contributed by atoms with van der Waals surface area (Å²) in [5.74, 6) is -0.101. The van der Waals surface area contributed by atoms with Crippen LogP contribution in [0.15, 0.2) is 10.5 Å². The lowest BCUT2D eigenvalue weighted by Crippen LogP contribution is -2.45. The largest absolute Gasteiger partial charge is 0.478 e. The maximum absolute atomic E-state index is 11.0. The molecule has 1 aromatic heterocycles. The standard InChI is InChI=1S/C12H16BrN3O2/c1-8-9(12(17)18)7-10(13)11(14-8)16-5-3-15(2)4-6-16/h7H,3-6H2,1-2H3,(H,17,18). The Morgan fingerprint density at radius 2 is 2.00 bits per heavy atom. The van der Waals surface area contributed by atoms with Crippen molar-refractivity contribution >= 4 is 27.7 Å². The molecule has 98 valence electrons. The molecule has 0 atom stereocenters. The van der Waals surface area contributed by atoms with Crippen molar-refractivity contribution in [3.8, 4) is 0 Å². The number of rotatable bonds is 2. The fraction of sp³-hybridized carbons (Fsp3) is 0.500. The SMILES string of the molecule is Cc1nc(N2CCN(C)CC2)c(Br)cc1C(=O)O.